The van der Waals surface area contributed by atoms with E-state index in [4.69, 9.17) is 21.6 Å². The van der Waals surface area contributed by atoms with Crippen molar-refractivity contribution in [2.24, 2.45) is 5.10 Å². The number of anilines is 1. The maximum absolute atomic E-state index is 9.07. The van der Waals surface area contributed by atoms with Crippen LogP contribution in [0.5, 0.6) is 5.75 Å². The summed E-state index contributed by atoms with van der Waals surface area (Å²) >= 11 is 6.07. The Hall–Kier alpha value is -2.58. The summed E-state index contributed by atoms with van der Waals surface area (Å²) in [6.45, 7) is 7.02. The van der Waals surface area contributed by atoms with Gasteiger partial charge >= 0.3 is 0 Å². The number of hydrogen-bond donors (Lipinski definition) is 0. The highest BCUT2D eigenvalue weighted by Crippen LogP contribution is 2.23. The van der Waals surface area contributed by atoms with Crippen LogP contribution in [0, 0.1) is 18.3 Å². The first-order valence-electron chi connectivity index (χ1n) is 7.70. The topological polar surface area (TPSA) is 61.5 Å². The Balaban J connectivity index is 2.21. The van der Waals surface area contributed by atoms with Crippen molar-refractivity contribution in [2.45, 2.75) is 20.8 Å². The summed E-state index contributed by atoms with van der Waals surface area (Å²) in [5.41, 5.74) is 2.13. The van der Waals surface area contributed by atoms with Crippen LogP contribution in [0.25, 0.3) is 0 Å². The zero-order valence-corrected chi connectivity index (χ0v) is 14.7. The zero-order valence-electron chi connectivity index (χ0n) is 14.0. The quantitative estimate of drug-likeness (QED) is 0.449. The predicted octanol–water partition coefficient (Wildman–Crippen LogP) is 4.17. The third kappa shape index (κ3) is 4.24. The molecule has 0 fully saturated rings. The average Bonchev–Trinajstić information content (AvgIpc) is 2.57. The van der Waals surface area contributed by atoms with Crippen molar-refractivity contribution in [2.75, 3.05) is 18.2 Å². The van der Waals surface area contributed by atoms with Crippen LogP contribution in [0.3, 0.4) is 0 Å². The molecule has 1 aromatic carbocycles. The number of aryl methyl sites for hydroxylation is 1. The molecule has 0 bridgehead atoms. The molecule has 0 aliphatic rings. The second-order valence-electron chi connectivity index (χ2n) is 5.04. The smallest absolute Gasteiger partial charge is 0.150 e. The van der Waals surface area contributed by atoms with Gasteiger partial charge in [0.25, 0.3) is 0 Å². The fraction of sp³-hybridized carbons (Fsp3) is 0.278. The molecule has 0 radical (unpaired) electrons. The summed E-state index contributed by atoms with van der Waals surface area (Å²) in [5, 5.41) is 15.5. The molecule has 5 nitrogen and oxygen atoms in total. The Labute approximate surface area is 147 Å². The number of pyridine rings is 1. The molecule has 0 aliphatic heterocycles. The van der Waals surface area contributed by atoms with Crippen LogP contribution in [-0.2, 0) is 0 Å². The summed E-state index contributed by atoms with van der Waals surface area (Å²) in [7, 11) is 0. The normalized spacial score (nSPS) is 10.6. The largest absolute Gasteiger partial charge is 0.494 e. The first-order chi connectivity index (χ1) is 11.6. The highest BCUT2D eigenvalue weighted by atomic mass is 35.5. The lowest BCUT2D eigenvalue weighted by molar-refractivity contribution is 0.340. The van der Waals surface area contributed by atoms with Crippen molar-refractivity contribution in [1.82, 2.24) is 4.98 Å². The molecule has 0 unspecified atom stereocenters. The molecule has 0 N–H and O–H groups in total. The van der Waals surface area contributed by atoms with Gasteiger partial charge in [0.1, 0.15) is 17.0 Å². The molecule has 0 saturated carbocycles. The molecule has 2 rings (SSSR count). The van der Waals surface area contributed by atoms with Gasteiger partial charge in [-0.2, -0.15) is 10.4 Å². The van der Waals surface area contributed by atoms with Crippen molar-refractivity contribution in [1.29, 1.82) is 5.26 Å². The van der Waals surface area contributed by atoms with E-state index < -0.39 is 0 Å². The van der Waals surface area contributed by atoms with Gasteiger partial charge in [-0.3, -0.25) is 0 Å². The highest BCUT2D eigenvalue weighted by Gasteiger charge is 2.11. The Bertz CT molecular complexity index is 743. The maximum atomic E-state index is 9.07. The Kier molecular flexibility index (Phi) is 6.16. The number of nitrogens with zero attached hydrogens (tertiary/aromatic N) is 4. The van der Waals surface area contributed by atoms with E-state index in [1.54, 1.807) is 11.2 Å². The van der Waals surface area contributed by atoms with Gasteiger partial charge in [-0.1, -0.05) is 11.6 Å². The summed E-state index contributed by atoms with van der Waals surface area (Å²) in [4.78, 5) is 4.26. The lowest BCUT2D eigenvalue weighted by Crippen LogP contribution is -2.17. The van der Waals surface area contributed by atoms with Crippen LogP contribution in [0.1, 0.15) is 30.5 Å². The van der Waals surface area contributed by atoms with E-state index in [1.165, 1.54) is 0 Å². The van der Waals surface area contributed by atoms with Gasteiger partial charge in [0.2, 0.25) is 0 Å². The fourth-order valence-corrected chi connectivity index (χ4v) is 2.42. The fourth-order valence-electron chi connectivity index (χ4n) is 2.14. The Morgan fingerprint density at radius 3 is 2.58 bits per heavy atom. The van der Waals surface area contributed by atoms with Gasteiger partial charge < -0.3 is 4.74 Å². The van der Waals surface area contributed by atoms with Crippen LogP contribution in [-0.4, -0.2) is 24.4 Å². The first-order valence-corrected chi connectivity index (χ1v) is 8.08. The van der Waals surface area contributed by atoms with Crippen LogP contribution in [0.2, 0.25) is 5.15 Å². The molecule has 6 heteroatoms. The summed E-state index contributed by atoms with van der Waals surface area (Å²) in [5.74, 6) is 1.44. The van der Waals surface area contributed by atoms with Gasteiger partial charge in [0, 0.05) is 6.54 Å². The number of hydrogen-bond acceptors (Lipinski definition) is 5. The number of nitriles is 1. The van der Waals surface area contributed by atoms with Gasteiger partial charge in [0.15, 0.2) is 5.82 Å². The molecule has 0 aliphatic carbocycles. The molecule has 24 heavy (non-hydrogen) atoms. The zero-order chi connectivity index (χ0) is 17.5. The Morgan fingerprint density at radius 2 is 2.04 bits per heavy atom. The SMILES string of the molecule is CCOc1ccc(/C=N/N(CC)c2cc(C)c(C#N)c(Cl)n2)cc1. The summed E-state index contributed by atoms with van der Waals surface area (Å²) < 4.78 is 5.42. The summed E-state index contributed by atoms with van der Waals surface area (Å²) in [6.07, 6.45) is 1.75. The standard InChI is InChI=1S/C18H19ClN4O/c1-4-23(17-10-13(3)16(11-20)18(19)22-17)21-12-14-6-8-15(9-7-14)24-5-2/h6-10,12H,4-5H2,1-3H3/b21-12+. The lowest BCUT2D eigenvalue weighted by atomic mass is 10.2. The monoisotopic (exact) mass is 342 g/mol. The number of halogens is 1. The second kappa shape index (κ2) is 8.32. The van der Waals surface area contributed by atoms with E-state index in [-0.39, 0.29) is 5.15 Å². The van der Waals surface area contributed by atoms with Gasteiger partial charge in [-0.25, -0.2) is 9.99 Å². The molecule has 0 atom stereocenters. The minimum atomic E-state index is 0.196. The van der Waals surface area contributed by atoms with Crippen molar-refractivity contribution in [3.63, 3.8) is 0 Å². The van der Waals surface area contributed by atoms with Crippen molar-refractivity contribution < 1.29 is 4.74 Å². The molecule has 2 aromatic rings. The number of ether oxygens (including phenoxy) is 1. The molecule has 0 spiro atoms. The number of hydrazone groups is 1. The number of aromatic nitrogens is 1. The molecular formula is C18H19ClN4O. The van der Waals surface area contributed by atoms with E-state index in [2.05, 4.69) is 16.2 Å². The number of benzene rings is 1. The van der Waals surface area contributed by atoms with Gasteiger partial charge in [-0.15, -0.1) is 0 Å². The van der Waals surface area contributed by atoms with E-state index in [1.807, 2.05) is 51.1 Å². The molecule has 0 amide bonds. The third-order valence-corrected chi connectivity index (χ3v) is 3.65. The average molecular weight is 343 g/mol. The van der Waals surface area contributed by atoms with Crippen molar-refractivity contribution in [3.8, 4) is 11.8 Å². The molecule has 1 heterocycles. The predicted molar refractivity (Wildman–Crippen MR) is 96.9 cm³/mol. The van der Waals surface area contributed by atoms with Crippen LogP contribution < -0.4 is 9.75 Å². The van der Waals surface area contributed by atoms with E-state index in [0.717, 1.165) is 16.9 Å². The van der Waals surface area contributed by atoms with E-state index in [9.17, 15) is 0 Å². The van der Waals surface area contributed by atoms with Gasteiger partial charge in [0.05, 0.1) is 18.4 Å². The first kappa shape index (κ1) is 17.8. The molecular weight excluding hydrogens is 324 g/mol. The Morgan fingerprint density at radius 1 is 1.33 bits per heavy atom. The number of rotatable bonds is 6. The van der Waals surface area contributed by atoms with Crippen molar-refractivity contribution in [3.05, 3.63) is 52.2 Å². The van der Waals surface area contributed by atoms with E-state index in [0.29, 0.717) is 24.5 Å². The molecule has 124 valence electrons. The van der Waals surface area contributed by atoms with Crippen molar-refractivity contribution >= 4 is 23.6 Å². The maximum Gasteiger partial charge on any atom is 0.150 e. The molecule has 1 aromatic heterocycles. The third-order valence-electron chi connectivity index (χ3n) is 3.37. The highest BCUT2D eigenvalue weighted by molar-refractivity contribution is 6.30. The lowest BCUT2D eigenvalue weighted by Gasteiger charge is -2.17. The van der Waals surface area contributed by atoms with Gasteiger partial charge in [-0.05, 0) is 62.2 Å². The van der Waals surface area contributed by atoms with Crippen LogP contribution in [0.15, 0.2) is 35.4 Å². The summed E-state index contributed by atoms with van der Waals surface area (Å²) in [6, 6.07) is 11.6. The van der Waals surface area contributed by atoms with Crippen LogP contribution in [0.4, 0.5) is 5.82 Å². The van der Waals surface area contributed by atoms with Crippen LogP contribution >= 0.6 is 11.6 Å². The molecule has 0 saturated heterocycles. The minimum Gasteiger partial charge on any atom is -0.494 e. The van der Waals surface area contributed by atoms with E-state index >= 15 is 0 Å². The second-order valence-corrected chi connectivity index (χ2v) is 5.40. The minimum absolute atomic E-state index is 0.196.